The van der Waals surface area contributed by atoms with E-state index < -0.39 is 6.04 Å². The largest absolute Gasteiger partial charge is 0.506 e. The molecule has 0 aliphatic rings. The van der Waals surface area contributed by atoms with Crippen molar-refractivity contribution in [1.82, 2.24) is 0 Å². The summed E-state index contributed by atoms with van der Waals surface area (Å²) in [6, 6.07) is 3.01. The Balaban J connectivity index is 3.04. The minimum atomic E-state index is -0.398. The summed E-state index contributed by atoms with van der Waals surface area (Å²) in [5, 5.41) is 18.6. The number of aliphatic hydroxyl groups excluding tert-OH is 1. The van der Waals surface area contributed by atoms with E-state index in [4.69, 9.17) is 22.4 Å². The van der Waals surface area contributed by atoms with Gasteiger partial charge in [-0.2, -0.15) is 0 Å². The van der Waals surface area contributed by atoms with Crippen molar-refractivity contribution >= 4 is 27.5 Å². The van der Waals surface area contributed by atoms with E-state index in [2.05, 4.69) is 15.9 Å². The van der Waals surface area contributed by atoms with E-state index >= 15 is 0 Å². The molecule has 3 nitrogen and oxygen atoms in total. The molecule has 0 radical (unpaired) electrons. The fraction of sp³-hybridized carbons (Fsp3) is 0.333. The Morgan fingerprint density at radius 1 is 1.50 bits per heavy atom. The first-order valence-corrected chi connectivity index (χ1v) is 5.28. The van der Waals surface area contributed by atoms with Crippen molar-refractivity contribution < 1.29 is 10.2 Å². The van der Waals surface area contributed by atoms with E-state index in [-0.39, 0.29) is 17.4 Å². The molecule has 4 N–H and O–H groups in total. The molecule has 0 amide bonds. The van der Waals surface area contributed by atoms with Crippen LogP contribution in [0, 0.1) is 0 Å². The Hall–Kier alpha value is -0.290. The molecule has 1 unspecified atom stereocenters. The summed E-state index contributed by atoms with van der Waals surface area (Å²) in [7, 11) is 0. The normalized spacial score (nSPS) is 12.9. The van der Waals surface area contributed by atoms with E-state index in [1.165, 1.54) is 0 Å². The van der Waals surface area contributed by atoms with Crippen molar-refractivity contribution in [2.24, 2.45) is 5.73 Å². The first kappa shape index (κ1) is 11.8. The Labute approximate surface area is 95.6 Å². The lowest BCUT2D eigenvalue weighted by Crippen LogP contribution is -2.12. The maximum atomic E-state index is 9.65. The van der Waals surface area contributed by atoms with E-state index in [0.29, 0.717) is 16.5 Å². The van der Waals surface area contributed by atoms with Crippen LogP contribution in [-0.4, -0.2) is 16.8 Å². The van der Waals surface area contributed by atoms with E-state index in [1.54, 1.807) is 12.1 Å². The Morgan fingerprint density at radius 2 is 2.14 bits per heavy atom. The number of aliphatic hydroxyl groups is 1. The minimum absolute atomic E-state index is 0.0196. The van der Waals surface area contributed by atoms with Gasteiger partial charge in [0.15, 0.2) is 0 Å². The molecule has 78 valence electrons. The molecule has 0 spiro atoms. The molecular weight excluding hydrogens is 269 g/mol. The molecule has 1 aromatic carbocycles. The average molecular weight is 281 g/mol. The van der Waals surface area contributed by atoms with Crippen LogP contribution in [-0.2, 0) is 0 Å². The van der Waals surface area contributed by atoms with Gasteiger partial charge in [0.25, 0.3) is 0 Å². The molecule has 0 saturated heterocycles. The highest BCUT2D eigenvalue weighted by molar-refractivity contribution is 9.10. The second-order valence-electron chi connectivity index (χ2n) is 2.92. The summed E-state index contributed by atoms with van der Waals surface area (Å²) in [4.78, 5) is 0. The molecule has 0 fully saturated rings. The number of hydrogen-bond acceptors (Lipinski definition) is 3. The molecule has 5 heteroatoms. The number of halogens is 2. The smallest absolute Gasteiger partial charge is 0.140 e. The zero-order chi connectivity index (χ0) is 10.7. The average Bonchev–Trinajstić information content (AvgIpc) is 2.15. The molecular formula is C9H11BrClNO2. The first-order valence-electron chi connectivity index (χ1n) is 4.11. The van der Waals surface area contributed by atoms with Crippen LogP contribution in [0.1, 0.15) is 18.0 Å². The summed E-state index contributed by atoms with van der Waals surface area (Å²) in [6.07, 6.45) is 0.394. The number of phenolic OH excluding ortho intramolecular Hbond substituents is 1. The molecule has 0 heterocycles. The lowest BCUT2D eigenvalue weighted by Gasteiger charge is -2.13. The van der Waals surface area contributed by atoms with E-state index in [1.807, 2.05) is 0 Å². The third-order valence-corrected chi connectivity index (χ3v) is 3.21. The zero-order valence-electron chi connectivity index (χ0n) is 7.37. The molecule has 1 rings (SSSR count). The number of benzene rings is 1. The van der Waals surface area contributed by atoms with Gasteiger partial charge in [-0.15, -0.1) is 0 Å². The number of rotatable bonds is 3. The van der Waals surface area contributed by atoms with Crippen molar-refractivity contribution in [1.29, 1.82) is 0 Å². The number of phenols is 1. The van der Waals surface area contributed by atoms with Crippen LogP contribution in [0.3, 0.4) is 0 Å². The highest BCUT2D eigenvalue weighted by atomic mass is 79.9. The number of nitrogens with two attached hydrogens (primary N) is 1. The van der Waals surface area contributed by atoms with Gasteiger partial charge in [-0.05, 0) is 28.4 Å². The highest BCUT2D eigenvalue weighted by Gasteiger charge is 2.14. The van der Waals surface area contributed by atoms with Gasteiger partial charge in [0.05, 0.1) is 5.02 Å². The zero-order valence-corrected chi connectivity index (χ0v) is 9.72. The molecule has 0 aliphatic heterocycles. The quantitative estimate of drug-likeness (QED) is 0.795. The Morgan fingerprint density at radius 3 is 2.71 bits per heavy atom. The standard InChI is InChI=1S/C9H11BrClNO2/c10-6-2-1-5(7(12)3-4-13)9(14)8(6)11/h1-2,7,13-14H,3-4,12H2. The van der Waals surface area contributed by atoms with E-state index in [9.17, 15) is 5.11 Å². The van der Waals surface area contributed by atoms with Crippen molar-refractivity contribution in [3.63, 3.8) is 0 Å². The number of hydrogen-bond donors (Lipinski definition) is 3. The van der Waals surface area contributed by atoms with Gasteiger partial charge in [0, 0.05) is 22.7 Å². The van der Waals surface area contributed by atoms with E-state index in [0.717, 1.165) is 0 Å². The van der Waals surface area contributed by atoms with Crippen molar-refractivity contribution in [3.8, 4) is 5.75 Å². The SMILES string of the molecule is NC(CCO)c1ccc(Br)c(Cl)c1O. The molecule has 0 saturated carbocycles. The summed E-state index contributed by atoms with van der Waals surface area (Å²) in [6.45, 7) is -0.0196. The van der Waals surface area contributed by atoms with Crippen molar-refractivity contribution in [2.45, 2.75) is 12.5 Å². The predicted octanol–water partition coefficient (Wildman–Crippen LogP) is 2.19. The maximum absolute atomic E-state index is 9.65. The molecule has 1 atom stereocenters. The van der Waals surface area contributed by atoms with Crippen molar-refractivity contribution in [3.05, 3.63) is 27.2 Å². The third-order valence-electron chi connectivity index (χ3n) is 1.94. The van der Waals surface area contributed by atoms with Gasteiger partial charge in [-0.1, -0.05) is 17.7 Å². The topological polar surface area (TPSA) is 66.5 Å². The van der Waals surface area contributed by atoms with Gasteiger partial charge in [-0.25, -0.2) is 0 Å². The molecule has 1 aromatic rings. The maximum Gasteiger partial charge on any atom is 0.140 e. The van der Waals surface area contributed by atoms with Crippen molar-refractivity contribution in [2.75, 3.05) is 6.61 Å². The van der Waals surface area contributed by atoms with Crippen LogP contribution < -0.4 is 5.73 Å². The van der Waals surface area contributed by atoms with Gasteiger partial charge in [0.1, 0.15) is 5.75 Å². The van der Waals surface area contributed by atoms with Crippen LogP contribution in [0.5, 0.6) is 5.75 Å². The van der Waals surface area contributed by atoms with Crippen LogP contribution in [0.2, 0.25) is 5.02 Å². The van der Waals surface area contributed by atoms with Crippen LogP contribution >= 0.6 is 27.5 Å². The van der Waals surface area contributed by atoms with Crippen LogP contribution in [0.15, 0.2) is 16.6 Å². The van der Waals surface area contributed by atoms with Gasteiger partial charge < -0.3 is 15.9 Å². The fourth-order valence-electron chi connectivity index (χ4n) is 1.15. The predicted molar refractivity (Wildman–Crippen MR) is 59.4 cm³/mol. The lowest BCUT2D eigenvalue weighted by atomic mass is 10.0. The Kier molecular flexibility index (Phi) is 4.19. The molecule has 0 aliphatic carbocycles. The van der Waals surface area contributed by atoms with Gasteiger partial charge in [-0.3, -0.25) is 0 Å². The van der Waals surface area contributed by atoms with Crippen LogP contribution in [0.25, 0.3) is 0 Å². The number of aromatic hydroxyl groups is 1. The minimum Gasteiger partial charge on any atom is -0.506 e. The van der Waals surface area contributed by atoms with Gasteiger partial charge in [0.2, 0.25) is 0 Å². The summed E-state index contributed by atoms with van der Waals surface area (Å²) < 4.78 is 0.622. The van der Waals surface area contributed by atoms with Crippen LogP contribution in [0.4, 0.5) is 0 Å². The first-order chi connectivity index (χ1) is 6.57. The molecule has 14 heavy (non-hydrogen) atoms. The second-order valence-corrected chi connectivity index (χ2v) is 4.15. The fourth-order valence-corrected chi connectivity index (χ4v) is 1.64. The molecule has 0 aromatic heterocycles. The monoisotopic (exact) mass is 279 g/mol. The summed E-state index contributed by atoms with van der Waals surface area (Å²) >= 11 is 9.00. The molecule has 0 bridgehead atoms. The highest BCUT2D eigenvalue weighted by Crippen LogP contribution is 2.37. The summed E-state index contributed by atoms with van der Waals surface area (Å²) in [5.74, 6) is -0.0259. The Bertz CT molecular complexity index is 333. The third kappa shape index (κ3) is 2.39. The summed E-state index contributed by atoms with van der Waals surface area (Å²) in [5.41, 5.74) is 6.28. The van der Waals surface area contributed by atoms with Gasteiger partial charge >= 0.3 is 0 Å². The lowest BCUT2D eigenvalue weighted by molar-refractivity contribution is 0.275. The second kappa shape index (κ2) is 4.98.